The largest absolute Gasteiger partial charge is 0.496 e. The average Bonchev–Trinajstić information content (AvgIpc) is 2.74. The third-order valence-corrected chi connectivity index (χ3v) is 6.06. The van der Waals surface area contributed by atoms with Crippen molar-refractivity contribution in [2.75, 3.05) is 45.7 Å². The van der Waals surface area contributed by atoms with Crippen molar-refractivity contribution in [1.29, 1.82) is 0 Å². The molecule has 0 radical (unpaired) electrons. The zero-order chi connectivity index (χ0) is 20.5. The first-order chi connectivity index (χ1) is 14.0. The van der Waals surface area contributed by atoms with Crippen molar-refractivity contribution in [3.05, 3.63) is 59.7 Å². The molecule has 6 heteroatoms. The smallest absolute Gasteiger partial charge is 0.258 e. The molecule has 0 spiro atoms. The number of para-hydroxylation sites is 2. The molecule has 0 aromatic heterocycles. The van der Waals surface area contributed by atoms with Crippen molar-refractivity contribution in [2.45, 2.75) is 12.5 Å². The summed E-state index contributed by atoms with van der Waals surface area (Å²) in [6.07, 6.45) is 0.318. The Morgan fingerprint density at radius 3 is 2.48 bits per heavy atom. The van der Waals surface area contributed by atoms with E-state index in [2.05, 4.69) is 24.1 Å². The van der Waals surface area contributed by atoms with E-state index in [1.807, 2.05) is 41.1 Å². The van der Waals surface area contributed by atoms with Crippen LogP contribution in [-0.4, -0.2) is 62.5 Å². The molecule has 29 heavy (non-hydrogen) atoms. The van der Waals surface area contributed by atoms with E-state index >= 15 is 0 Å². The van der Waals surface area contributed by atoms with E-state index in [9.17, 15) is 9.59 Å². The number of rotatable bonds is 2. The Bertz CT molecular complexity index is 929. The first-order valence-electron chi connectivity index (χ1n) is 9.99. The highest BCUT2D eigenvalue weighted by molar-refractivity contribution is 5.97. The summed E-state index contributed by atoms with van der Waals surface area (Å²) >= 11 is 0. The number of amides is 2. The molecule has 0 aliphatic carbocycles. The molecule has 2 aliphatic heterocycles. The predicted octanol–water partition coefficient (Wildman–Crippen LogP) is 2.81. The zero-order valence-electron chi connectivity index (χ0n) is 17.2. The van der Waals surface area contributed by atoms with Gasteiger partial charge < -0.3 is 19.4 Å². The quantitative estimate of drug-likeness (QED) is 0.787. The predicted molar refractivity (Wildman–Crippen MR) is 112 cm³/mol. The van der Waals surface area contributed by atoms with Crippen molar-refractivity contribution in [1.82, 2.24) is 9.80 Å². The number of anilines is 1. The lowest BCUT2D eigenvalue weighted by Crippen LogP contribution is -2.52. The molecule has 0 N–H and O–H groups in total. The molecule has 2 amide bonds. The lowest BCUT2D eigenvalue weighted by Gasteiger charge is -2.47. The SMILES string of the molecule is COc1ccccc1C(=O)N1CCC(=O)N(C)C[C@H]2CN(C)c3ccccc3[C@@H]21. The maximum absolute atomic E-state index is 13.7. The second-order valence-electron chi connectivity index (χ2n) is 7.87. The number of fused-ring (bicyclic) bond motifs is 3. The number of methoxy groups -OCH3 is 1. The van der Waals surface area contributed by atoms with Crippen molar-refractivity contribution >= 4 is 17.5 Å². The zero-order valence-corrected chi connectivity index (χ0v) is 17.2. The number of carbonyl (C=O) groups excluding carboxylic acids is 2. The van der Waals surface area contributed by atoms with Crippen LogP contribution in [0.3, 0.4) is 0 Å². The molecule has 2 atom stereocenters. The lowest BCUT2D eigenvalue weighted by molar-refractivity contribution is -0.132. The monoisotopic (exact) mass is 393 g/mol. The Morgan fingerprint density at radius 1 is 1.00 bits per heavy atom. The molecule has 2 heterocycles. The summed E-state index contributed by atoms with van der Waals surface area (Å²) < 4.78 is 5.44. The second-order valence-corrected chi connectivity index (χ2v) is 7.87. The number of carbonyl (C=O) groups is 2. The third kappa shape index (κ3) is 3.43. The molecule has 2 aliphatic rings. The van der Waals surface area contributed by atoms with Crippen molar-refractivity contribution in [2.24, 2.45) is 5.92 Å². The summed E-state index contributed by atoms with van der Waals surface area (Å²) in [5.74, 6) is 0.667. The summed E-state index contributed by atoms with van der Waals surface area (Å²) in [5, 5.41) is 0. The number of benzene rings is 2. The van der Waals surface area contributed by atoms with Crippen molar-refractivity contribution in [3.63, 3.8) is 0 Å². The molecular formula is C23H27N3O3. The fourth-order valence-electron chi connectivity index (χ4n) is 4.67. The highest BCUT2D eigenvalue weighted by atomic mass is 16.5. The molecule has 2 aromatic carbocycles. The Balaban J connectivity index is 1.81. The van der Waals surface area contributed by atoms with Crippen LogP contribution >= 0.6 is 0 Å². The molecule has 152 valence electrons. The van der Waals surface area contributed by atoms with Gasteiger partial charge in [-0.25, -0.2) is 0 Å². The summed E-state index contributed by atoms with van der Waals surface area (Å²) in [7, 11) is 5.51. The minimum Gasteiger partial charge on any atom is -0.496 e. The normalized spacial score (nSPS) is 21.8. The summed E-state index contributed by atoms with van der Waals surface area (Å²) in [6.45, 7) is 1.80. The van der Waals surface area contributed by atoms with Crippen LogP contribution in [-0.2, 0) is 4.79 Å². The average molecular weight is 393 g/mol. The molecule has 1 saturated heterocycles. The fourth-order valence-corrected chi connectivity index (χ4v) is 4.67. The van der Waals surface area contributed by atoms with Gasteiger partial charge in [-0.1, -0.05) is 30.3 Å². The van der Waals surface area contributed by atoms with Gasteiger partial charge in [-0.3, -0.25) is 9.59 Å². The minimum absolute atomic E-state index is 0.0720. The molecule has 2 aromatic rings. The summed E-state index contributed by atoms with van der Waals surface area (Å²) in [5.41, 5.74) is 2.81. The third-order valence-electron chi connectivity index (χ3n) is 6.06. The van der Waals surface area contributed by atoms with E-state index in [1.165, 1.54) is 0 Å². The maximum Gasteiger partial charge on any atom is 0.258 e. The van der Waals surface area contributed by atoms with Gasteiger partial charge in [0.1, 0.15) is 5.75 Å². The van der Waals surface area contributed by atoms with Crippen molar-refractivity contribution < 1.29 is 14.3 Å². The topological polar surface area (TPSA) is 53.1 Å². The van der Waals surface area contributed by atoms with Gasteiger partial charge in [0, 0.05) is 51.8 Å². The standard InChI is InChI=1S/C23H27N3O3/c1-24-14-16-15-25(2)21(27)12-13-26(22(16)17-8-4-6-10-19(17)24)23(28)18-9-5-7-11-20(18)29-3/h4-11,16,22H,12-15H2,1-3H3/t16-,22-/m1/s1. The first kappa shape index (κ1) is 19.3. The van der Waals surface area contributed by atoms with Gasteiger partial charge >= 0.3 is 0 Å². The van der Waals surface area contributed by atoms with Crippen LogP contribution in [0.2, 0.25) is 0 Å². The first-order valence-corrected chi connectivity index (χ1v) is 9.99. The van der Waals surface area contributed by atoms with Gasteiger partial charge in [0.2, 0.25) is 5.91 Å². The number of ether oxygens (including phenoxy) is 1. The van der Waals surface area contributed by atoms with Gasteiger partial charge in [-0.2, -0.15) is 0 Å². The van der Waals surface area contributed by atoms with E-state index < -0.39 is 0 Å². The highest BCUT2D eigenvalue weighted by Gasteiger charge is 2.41. The maximum atomic E-state index is 13.7. The van der Waals surface area contributed by atoms with Crippen LogP contribution in [0, 0.1) is 5.92 Å². The Kier molecular flexibility index (Phi) is 5.18. The van der Waals surface area contributed by atoms with E-state index in [0.717, 1.165) is 17.8 Å². The number of nitrogens with zero attached hydrogens (tertiary/aromatic N) is 3. The van der Waals surface area contributed by atoms with E-state index in [-0.39, 0.29) is 23.8 Å². The highest BCUT2D eigenvalue weighted by Crippen LogP contribution is 2.42. The van der Waals surface area contributed by atoms with Gasteiger partial charge in [0.25, 0.3) is 5.91 Å². The van der Waals surface area contributed by atoms with E-state index in [1.54, 1.807) is 19.2 Å². The van der Waals surface area contributed by atoms with Crippen LogP contribution in [0.5, 0.6) is 5.75 Å². The number of hydrogen-bond donors (Lipinski definition) is 0. The van der Waals surface area contributed by atoms with Gasteiger partial charge in [-0.05, 0) is 23.8 Å². The van der Waals surface area contributed by atoms with Crippen LogP contribution in [0.15, 0.2) is 48.5 Å². The molecule has 1 fully saturated rings. The number of hydrogen-bond acceptors (Lipinski definition) is 4. The lowest BCUT2D eigenvalue weighted by atomic mass is 9.84. The van der Waals surface area contributed by atoms with Crippen LogP contribution in [0.1, 0.15) is 28.4 Å². The molecule has 4 rings (SSSR count). The Labute approximate surface area is 171 Å². The molecular weight excluding hydrogens is 366 g/mol. The summed E-state index contributed by atoms with van der Waals surface area (Å²) in [6, 6.07) is 15.5. The Morgan fingerprint density at radius 2 is 1.69 bits per heavy atom. The minimum atomic E-state index is -0.0887. The molecule has 0 saturated carbocycles. The second kappa shape index (κ2) is 7.78. The molecule has 0 bridgehead atoms. The van der Waals surface area contributed by atoms with Gasteiger partial charge in [-0.15, -0.1) is 0 Å². The fraction of sp³-hybridized carbons (Fsp3) is 0.391. The summed E-state index contributed by atoms with van der Waals surface area (Å²) in [4.78, 5) is 32.2. The van der Waals surface area contributed by atoms with Crippen LogP contribution in [0.4, 0.5) is 5.69 Å². The van der Waals surface area contributed by atoms with Gasteiger partial charge in [0.05, 0.1) is 18.7 Å². The van der Waals surface area contributed by atoms with E-state index in [4.69, 9.17) is 4.74 Å². The molecule has 6 nitrogen and oxygen atoms in total. The van der Waals surface area contributed by atoms with Crippen molar-refractivity contribution in [3.8, 4) is 5.75 Å². The van der Waals surface area contributed by atoms with E-state index in [0.29, 0.717) is 30.8 Å². The molecule has 0 unspecified atom stereocenters. The van der Waals surface area contributed by atoms with Crippen LogP contribution in [0.25, 0.3) is 0 Å². The van der Waals surface area contributed by atoms with Gasteiger partial charge in [0.15, 0.2) is 0 Å². The Hall–Kier alpha value is -3.02. The van der Waals surface area contributed by atoms with Crippen LogP contribution < -0.4 is 9.64 Å².